The van der Waals surface area contributed by atoms with Crippen LogP contribution in [0.5, 0.6) is 5.75 Å². The van der Waals surface area contributed by atoms with Gasteiger partial charge >= 0.3 is 0 Å². The second kappa shape index (κ2) is 3.84. The number of nitrogens with zero attached hydrogens (tertiary/aromatic N) is 1. The summed E-state index contributed by atoms with van der Waals surface area (Å²) in [5.74, 6) is 0.238. The lowest BCUT2D eigenvalue weighted by Crippen LogP contribution is -1.83. The van der Waals surface area contributed by atoms with Crippen molar-refractivity contribution in [1.82, 2.24) is 0 Å². The van der Waals surface area contributed by atoms with Crippen LogP contribution in [0.2, 0.25) is 0 Å². The SMILES string of the molecule is CSc1cc(O)cc2cccc(C#N)c12. The van der Waals surface area contributed by atoms with Gasteiger partial charge in [-0.15, -0.1) is 11.8 Å². The zero-order chi connectivity index (χ0) is 10.8. The van der Waals surface area contributed by atoms with Crippen molar-refractivity contribution in [2.45, 2.75) is 4.90 Å². The first-order chi connectivity index (χ1) is 7.26. The summed E-state index contributed by atoms with van der Waals surface area (Å²) in [6.45, 7) is 0. The largest absolute Gasteiger partial charge is 0.508 e. The Morgan fingerprint density at radius 3 is 2.80 bits per heavy atom. The third-order valence-electron chi connectivity index (χ3n) is 2.27. The summed E-state index contributed by atoms with van der Waals surface area (Å²) in [6, 6.07) is 11.0. The maximum atomic E-state index is 9.51. The fourth-order valence-electron chi connectivity index (χ4n) is 1.63. The van der Waals surface area contributed by atoms with E-state index in [0.29, 0.717) is 5.56 Å². The maximum Gasteiger partial charge on any atom is 0.117 e. The molecular weight excluding hydrogens is 206 g/mol. The molecule has 0 heterocycles. The Morgan fingerprint density at radius 1 is 1.33 bits per heavy atom. The van der Waals surface area contributed by atoms with E-state index in [1.807, 2.05) is 18.4 Å². The number of phenolic OH excluding ortho intramolecular Hbond substituents is 1. The molecule has 0 unspecified atom stereocenters. The second-order valence-electron chi connectivity index (χ2n) is 3.16. The molecule has 2 aromatic rings. The van der Waals surface area contributed by atoms with Crippen molar-refractivity contribution in [3.63, 3.8) is 0 Å². The van der Waals surface area contributed by atoms with Gasteiger partial charge in [-0.1, -0.05) is 12.1 Å². The molecule has 0 bridgehead atoms. The molecule has 3 heteroatoms. The predicted octanol–water partition coefficient (Wildman–Crippen LogP) is 3.14. The molecule has 0 radical (unpaired) electrons. The van der Waals surface area contributed by atoms with E-state index in [9.17, 15) is 5.11 Å². The van der Waals surface area contributed by atoms with E-state index in [1.54, 1.807) is 18.2 Å². The molecule has 0 aromatic heterocycles. The highest BCUT2D eigenvalue weighted by molar-refractivity contribution is 7.98. The van der Waals surface area contributed by atoms with Crippen LogP contribution in [-0.4, -0.2) is 11.4 Å². The highest BCUT2D eigenvalue weighted by atomic mass is 32.2. The van der Waals surface area contributed by atoms with Gasteiger partial charge < -0.3 is 5.11 Å². The van der Waals surface area contributed by atoms with Crippen molar-refractivity contribution in [2.75, 3.05) is 6.26 Å². The first-order valence-corrected chi connectivity index (χ1v) is 5.68. The molecule has 0 saturated heterocycles. The van der Waals surface area contributed by atoms with Gasteiger partial charge in [0, 0.05) is 10.3 Å². The lowest BCUT2D eigenvalue weighted by molar-refractivity contribution is 0.475. The molecule has 0 spiro atoms. The molecule has 0 aliphatic rings. The van der Waals surface area contributed by atoms with Crippen LogP contribution in [0.3, 0.4) is 0 Å². The lowest BCUT2D eigenvalue weighted by atomic mass is 10.1. The molecule has 2 nitrogen and oxygen atoms in total. The number of hydrogen-bond acceptors (Lipinski definition) is 3. The summed E-state index contributed by atoms with van der Waals surface area (Å²) >= 11 is 1.53. The Balaban J connectivity index is 2.92. The minimum Gasteiger partial charge on any atom is -0.508 e. The van der Waals surface area contributed by atoms with E-state index in [0.717, 1.165) is 15.7 Å². The zero-order valence-electron chi connectivity index (χ0n) is 8.19. The summed E-state index contributed by atoms with van der Waals surface area (Å²) in [6.07, 6.45) is 1.93. The Kier molecular flexibility index (Phi) is 2.53. The standard InChI is InChI=1S/C12H9NOS/c1-15-11-6-10(14)5-8-3-2-4-9(7-13)12(8)11/h2-6,14H,1H3. The van der Waals surface area contributed by atoms with Crippen LogP contribution in [0.25, 0.3) is 10.8 Å². The molecule has 0 atom stereocenters. The number of phenols is 1. The molecule has 2 rings (SSSR count). The molecule has 74 valence electrons. The normalized spacial score (nSPS) is 10.1. The van der Waals surface area contributed by atoms with Crippen molar-refractivity contribution >= 4 is 22.5 Å². The minimum absolute atomic E-state index is 0.238. The van der Waals surface area contributed by atoms with Crippen LogP contribution >= 0.6 is 11.8 Å². The third-order valence-corrected chi connectivity index (χ3v) is 3.03. The quantitative estimate of drug-likeness (QED) is 0.743. The van der Waals surface area contributed by atoms with Gasteiger partial charge in [-0.25, -0.2) is 0 Å². The Bertz CT molecular complexity index is 557. The topological polar surface area (TPSA) is 44.0 Å². The first-order valence-electron chi connectivity index (χ1n) is 4.46. The fourth-order valence-corrected chi connectivity index (χ4v) is 2.30. The summed E-state index contributed by atoms with van der Waals surface area (Å²) in [4.78, 5) is 0.933. The molecule has 1 N–H and O–H groups in total. The average Bonchev–Trinajstić information content (AvgIpc) is 2.26. The van der Waals surface area contributed by atoms with Crippen LogP contribution in [-0.2, 0) is 0 Å². The van der Waals surface area contributed by atoms with Crippen molar-refractivity contribution in [3.05, 3.63) is 35.9 Å². The van der Waals surface area contributed by atoms with Gasteiger partial charge in [0.05, 0.1) is 11.6 Å². The van der Waals surface area contributed by atoms with Crippen LogP contribution in [0.15, 0.2) is 35.2 Å². The van der Waals surface area contributed by atoms with Gasteiger partial charge in [0.1, 0.15) is 5.75 Å². The number of aromatic hydroxyl groups is 1. The Morgan fingerprint density at radius 2 is 2.13 bits per heavy atom. The summed E-state index contributed by atoms with van der Waals surface area (Å²) in [5.41, 5.74) is 0.650. The van der Waals surface area contributed by atoms with E-state index in [-0.39, 0.29) is 5.75 Å². The molecule has 0 amide bonds. The summed E-state index contributed by atoms with van der Waals surface area (Å²) in [5, 5.41) is 20.3. The van der Waals surface area contributed by atoms with Gasteiger partial charge in [0.15, 0.2) is 0 Å². The lowest BCUT2D eigenvalue weighted by Gasteiger charge is -2.06. The minimum atomic E-state index is 0.238. The van der Waals surface area contributed by atoms with Gasteiger partial charge in [-0.05, 0) is 29.8 Å². The second-order valence-corrected chi connectivity index (χ2v) is 4.01. The number of nitriles is 1. The van der Waals surface area contributed by atoms with Crippen molar-refractivity contribution < 1.29 is 5.11 Å². The Hall–Kier alpha value is -1.66. The monoisotopic (exact) mass is 215 g/mol. The highest BCUT2D eigenvalue weighted by Crippen LogP contribution is 2.32. The molecule has 0 saturated carbocycles. The average molecular weight is 215 g/mol. The number of thioether (sulfide) groups is 1. The van der Waals surface area contributed by atoms with Crippen LogP contribution in [0.4, 0.5) is 0 Å². The number of rotatable bonds is 1. The highest BCUT2D eigenvalue weighted by Gasteiger charge is 2.07. The molecular formula is C12H9NOS. The van der Waals surface area contributed by atoms with E-state index < -0.39 is 0 Å². The smallest absolute Gasteiger partial charge is 0.117 e. The van der Waals surface area contributed by atoms with Crippen LogP contribution < -0.4 is 0 Å². The fraction of sp³-hybridized carbons (Fsp3) is 0.0833. The predicted molar refractivity (Wildman–Crippen MR) is 62.1 cm³/mol. The molecule has 0 aliphatic heterocycles. The van der Waals surface area contributed by atoms with Crippen LogP contribution in [0.1, 0.15) is 5.56 Å². The van der Waals surface area contributed by atoms with Crippen molar-refractivity contribution in [3.8, 4) is 11.8 Å². The Labute approximate surface area is 92.2 Å². The molecule has 0 aliphatic carbocycles. The van der Waals surface area contributed by atoms with E-state index >= 15 is 0 Å². The summed E-state index contributed by atoms with van der Waals surface area (Å²) in [7, 11) is 0. The van der Waals surface area contributed by atoms with Crippen LogP contribution in [0, 0.1) is 11.3 Å². The molecule has 0 fully saturated rings. The maximum absolute atomic E-state index is 9.51. The molecule has 15 heavy (non-hydrogen) atoms. The number of hydrogen-bond donors (Lipinski definition) is 1. The molecule has 2 aromatic carbocycles. The number of fused-ring (bicyclic) bond motifs is 1. The first kappa shape index (κ1) is 9.88. The van der Waals surface area contributed by atoms with E-state index in [2.05, 4.69) is 6.07 Å². The zero-order valence-corrected chi connectivity index (χ0v) is 9.01. The van der Waals surface area contributed by atoms with Gasteiger partial charge in [0.2, 0.25) is 0 Å². The number of benzene rings is 2. The van der Waals surface area contributed by atoms with E-state index in [4.69, 9.17) is 5.26 Å². The van der Waals surface area contributed by atoms with Gasteiger partial charge in [-0.3, -0.25) is 0 Å². The van der Waals surface area contributed by atoms with Crippen molar-refractivity contribution in [1.29, 1.82) is 5.26 Å². The van der Waals surface area contributed by atoms with E-state index in [1.165, 1.54) is 11.8 Å². The van der Waals surface area contributed by atoms with Gasteiger partial charge in [-0.2, -0.15) is 5.26 Å². The van der Waals surface area contributed by atoms with Gasteiger partial charge in [0.25, 0.3) is 0 Å². The van der Waals surface area contributed by atoms with Crippen molar-refractivity contribution in [2.24, 2.45) is 0 Å². The third kappa shape index (κ3) is 1.64. The summed E-state index contributed by atoms with van der Waals surface area (Å²) < 4.78 is 0.